The molecule has 2 fully saturated rings. The van der Waals surface area contributed by atoms with E-state index >= 15 is 0 Å². The summed E-state index contributed by atoms with van der Waals surface area (Å²) in [5.74, 6) is 0.667. The Labute approximate surface area is 110 Å². The Morgan fingerprint density at radius 3 is 2.83 bits per heavy atom. The lowest BCUT2D eigenvalue weighted by molar-refractivity contribution is 0.209. The third-order valence-corrected chi connectivity index (χ3v) is 4.89. The van der Waals surface area contributed by atoms with Crippen molar-refractivity contribution < 1.29 is 0 Å². The van der Waals surface area contributed by atoms with Crippen LogP contribution in [0, 0.1) is 0 Å². The van der Waals surface area contributed by atoms with Crippen LogP contribution in [0.3, 0.4) is 0 Å². The summed E-state index contributed by atoms with van der Waals surface area (Å²) in [5, 5.41) is 3.52. The first-order chi connectivity index (χ1) is 8.80. The Balaban J connectivity index is 1.85. The molecule has 100 valence electrons. The fourth-order valence-electron chi connectivity index (χ4n) is 3.72. The van der Waals surface area contributed by atoms with Gasteiger partial charge in [-0.2, -0.15) is 0 Å². The molecule has 0 aromatic carbocycles. The molecule has 2 heterocycles. The van der Waals surface area contributed by atoms with Crippen molar-refractivity contribution in [2.24, 2.45) is 0 Å². The minimum absolute atomic E-state index is 0.321. The zero-order valence-electron chi connectivity index (χ0n) is 11.5. The zero-order chi connectivity index (χ0) is 12.4. The average Bonchev–Trinajstić information content (AvgIpc) is 2.91. The van der Waals surface area contributed by atoms with E-state index in [1.165, 1.54) is 57.2 Å². The van der Waals surface area contributed by atoms with Crippen molar-refractivity contribution in [3.63, 3.8) is 0 Å². The van der Waals surface area contributed by atoms with Gasteiger partial charge >= 0.3 is 0 Å². The molecule has 1 aromatic rings. The van der Waals surface area contributed by atoms with Crippen LogP contribution in [0.4, 0.5) is 0 Å². The molecule has 1 atom stereocenters. The molecule has 2 aliphatic rings. The number of hydrogen-bond acceptors (Lipinski definition) is 2. The molecule has 1 saturated heterocycles. The highest BCUT2D eigenvalue weighted by Gasteiger charge is 2.32. The van der Waals surface area contributed by atoms with Crippen LogP contribution in [0.2, 0.25) is 0 Å². The van der Waals surface area contributed by atoms with Gasteiger partial charge in [0.05, 0.1) is 6.33 Å². The molecule has 0 amide bonds. The van der Waals surface area contributed by atoms with Crippen molar-refractivity contribution in [2.75, 3.05) is 13.1 Å². The topological polar surface area (TPSA) is 29.9 Å². The van der Waals surface area contributed by atoms with E-state index in [4.69, 9.17) is 0 Å². The van der Waals surface area contributed by atoms with Crippen molar-refractivity contribution in [3.8, 4) is 0 Å². The summed E-state index contributed by atoms with van der Waals surface area (Å²) in [7, 11) is 0. The van der Waals surface area contributed by atoms with E-state index < -0.39 is 0 Å². The fraction of sp³-hybridized carbons (Fsp3) is 0.800. The van der Waals surface area contributed by atoms with Gasteiger partial charge in [-0.05, 0) is 39.2 Å². The maximum Gasteiger partial charge on any atom is 0.0953 e. The lowest BCUT2D eigenvalue weighted by Gasteiger charge is -2.38. The van der Waals surface area contributed by atoms with Gasteiger partial charge in [-0.1, -0.05) is 19.3 Å². The maximum atomic E-state index is 4.45. The Morgan fingerprint density at radius 2 is 2.11 bits per heavy atom. The van der Waals surface area contributed by atoms with Crippen molar-refractivity contribution >= 4 is 0 Å². The lowest BCUT2D eigenvalue weighted by atomic mass is 9.82. The first-order valence-corrected chi connectivity index (χ1v) is 7.53. The molecule has 1 aromatic heterocycles. The van der Waals surface area contributed by atoms with Gasteiger partial charge in [-0.25, -0.2) is 4.98 Å². The van der Waals surface area contributed by atoms with Crippen molar-refractivity contribution in [2.45, 2.75) is 63.3 Å². The summed E-state index contributed by atoms with van der Waals surface area (Å²) in [4.78, 5) is 4.45. The fourth-order valence-corrected chi connectivity index (χ4v) is 3.72. The highest BCUT2D eigenvalue weighted by molar-refractivity contribution is 5.12. The predicted molar refractivity (Wildman–Crippen MR) is 73.8 cm³/mol. The molecule has 0 spiro atoms. The molecule has 0 radical (unpaired) electrons. The number of aromatic nitrogens is 2. The molecule has 3 rings (SSSR count). The Bertz CT molecular complexity index is 384. The van der Waals surface area contributed by atoms with Gasteiger partial charge in [0.1, 0.15) is 0 Å². The van der Waals surface area contributed by atoms with Gasteiger partial charge in [-0.15, -0.1) is 0 Å². The van der Waals surface area contributed by atoms with Crippen LogP contribution in [0.25, 0.3) is 0 Å². The van der Waals surface area contributed by atoms with E-state index in [-0.39, 0.29) is 0 Å². The van der Waals surface area contributed by atoms with E-state index in [2.05, 4.69) is 34.3 Å². The molecule has 1 aliphatic carbocycles. The van der Waals surface area contributed by atoms with Crippen molar-refractivity contribution in [1.29, 1.82) is 0 Å². The lowest BCUT2D eigenvalue weighted by Crippen LogP contribution is -2.36. The van der Waals surface area contributed by atoms with Crippen LogP contribution in [-0.2, 0) is 5.54 Å². The second kappa shape index (κ2) is 5.04. The first-order valence-electron chi connectivity index (χ1n) is 7.53. The number of rotatable bonds is 2. The molecule has 1 aliphatic heterocycles. The predicted octanol–water partition coefficient (Wildman–Crippen LogP) is 3.03. The molecule has 0 bridgehead atoms. The van der Waals surface area contributed by atoms with E-state index in [1.54, 1.807) is 0 Å². The van der Waals surface area contributed by atoms with Crippen LogP contribution in [-0.4, -0.2) is 22.6 Å². The first kappa shape index (κ1) is 12.2. The number of nitrogens with zero attached hydrogens (tertiary/aromatic N) is 2. The number of piperidine rings is 1. The van der Waals surface area contributed by atoms with Crippen LogP contribution in [0.5, 0.6) is 0 Å². The van der Waals surface area contributed by atoms with Crippen LogP contribution in [0.1, 0.15) is 63.5 Å². The average molecular weight is 247 g/mol. The SMILES string of the molecule is CC1(n2cncc2C2CCCNC2)CCCCC1. The highest BCUT2D eigenvalue weighted by Crippen LogP contribution is 2.37. The molecular formula is C15H25N3. The van der Waals surface area contributed by atoms with E-state index in [0.29, 0.717) is 11.5 Å². The molecular weight excluding hydrogens is 222 g/mol. The van der Waals surface area contributed by atoms with E-state index in [1.807, 2.05) is 0 Å². The summed E-state index contributed by atoms with van der Waals surface area (Å²) in [5.41, 5.74) is 1.79. The highest BCUT2D eigenvalue weighted by atomic mass is 15.1. The van der Waals surface area contributed by atoms with Crippen LogP contribution in [0.15, 0.2) is 12.5 Å². The van der Waals surface area contributed by atoms with E-state index in [9.17, 15) is 0 Å². The summed E-state index contributed by atoms with van der Waals surface area (Å²) < 4.78 is 2.50. The molecule has 1 unspecified atom stereocenters. The van der Waals surface area contributed by atoms with Gasteiger partial charge in [0, 0.05) is 29.9 Å². The normalized spacial score (nSPS) is 28.2. The second-order valence-electron chi connectivity index (χ2n) is 6.29. The second-order valence-corrected chi connectivity index (χ2v) is 6.29. The summed E-state index contributed by atoms with van der Waals surface area (Å²) in [6, 6.07) is 0. The van der Waals surface area contributed by atoms with E-state index in [0.717, 1.165) is 6.54 Å². The minimum Gasteiger partial charge on any atom is -0.328 e. The molecule has 1 N–H and O–H groups in total. The van der Waals surface area contributed by atoms with Crippen LogP contribution < -0.4 is 5.32 Å². The zero-order valence-corrected chi connectivity index (χ0v) is 11.5. The number of hydrogen-bond donors (Lipinski definition) is 1. The third-order valence-electron chi connectivity index (χ3n) is 4.89. The molecule has 3 nitrogen and oxygen atoms in total. The Kier molecular flexibility index (Phi) is 3.42. The monoisotopic (exact) mass is 247 g/mol. The number of imidazole rings is 1. The largest absolute Gasteiger partial charge is 0.328 e. The standard InChI is InChI=1S/C15H25N3/c1-15(7-3-2-4-8-15)18-12-17-11-14(18)13-6-5-9-16-10-13/h11-13,16H,2-10H2,1H3. The molecule has 3 heteroatoms. The Hall–Kier alpha value is -0.830. The van der Waals surface area contributed by atoms with Crippen molar-refractivity contribution in [1.82, 2.24) is 14.9 Å². The van der Waals surface area contributed by atoms with Gasteiger partial charge < -0.3 is 9.88 Å². The molecule has 1 saturated carbocycles. The van der Waals surface area contributed by atoms with Gasteiger partial charge in [0.15, 0.2) is 0 Å². The third kappa shape index (κ3) is 2.20. The quantitative estimate of drug-likeness (QED) is 0.870. The Morgan fingerprint density at radius 1 is 1.28 bits per heavy atom. The van der Waals surface area contributed by atoms with Crippen molar-refractivity contribution in [3.05, 3.63) is 18.2 Å². The smallest absolute Gasteiger partial charge is 0.0953 e. The summed E-state index contributed by atoms with van der Waals surface area (Å²) >= 11 is 0. The van der Waals surface area contributed by atoms with Gasteiger partial charge in [-0.3, -0.25) is 0 Å². The summed E-state index contributed by atoms with van der Waals surface area (Å²) in [6.07, 6.45) is 13.6. The van der Waals surface area contributed by atoms with Crippen LogP contribution >= 0.6 is 0 Å². The minimum atomic E-state index is 0.321. The van der Waals surface area contributed by atoms with Gasteiger partial charge in [0.25, 0.3) is 0 Å². The summed E-state index contributed by atoms with van der Waals surface area (Å²) in [6.45, 7) is 4.73. The molecule has 18 heavy (non-hydrogen) atoms. The number of nitrogens with one attached hydrogen (secondary N) is 1. The maximum absolute atomic E-state index is 4.45. The van der Waals surface area contributed by atoms with Gasteiger partial charge in [0.2, 0.25) is 0 Å².